The van der Waals surface area contributed by atoms with Gasteiger partial charge in [-0.25, -0.2) is 9.97 Å². The molecule has 4 heteroatoms. The Labute approximate surface area is 90.1 Å². The molecular formula is C11H17N3O. The zero-order valence-electron chi connectivity index (χ0n) is 9.29. The molecule has 2 heterocycles. The lowest BCUT2D eigenvalue weighted by Crippen LogP contribution is -2.42. The number of hydrogen-bond acceptors (Lipinski definition) is 4. The van der Waals surface area contributed by atoms with Gasteiger partial charge in [-0.2, -0.15) is 0 Å². The van der Waals surface area contributed by atoms with Crippen LogP contribution in [-0.2, 0) is 11.2 Å². The molecule has 1 N–H and O–H groups in total. The molecule has 1 unspecified atom stereocenters. The fraction of sp³-hybridized carbons (Fsp3) is 0.636. The minimum absolute atomic E-state index is 0.396. The van der Waals surface area contributed by atoms with Crippen molar-refractivity contribution in [3.8, 4) is 0 Å². The predicted octanol–water partition coefficient (Wildman–Crippen LogP) is 0.624. The van der Waals surface area contributed by atoms with Gasteiger partial charge in [-0.05, 0) is 19.9 Å². The van der Waals surface area contributed by atoms with Gasteiger partial charge in [0.1, 0.15) is 5.82 Å². The van der Waals surface area contributed by atoms with Crippen LogP contribution >= 0.6 is 0 Å². The summed E-state index contributed by atoms with van der Waals surface area (Å²) in [6, 6.07) is 2.44. The second kappa shape index (κ2) is 4.68. The smallest absolute Gasteiger partial charge is 0.125 e. The van der Waals surface area contributed by atoms with Gasteiger partial charge in [0.05, 0.1) is 13.2 Å². The highest BCUT2D eigenvalue weighted by atomic mass is 16.5. The second-order valence-corrected chi connectivity index (χ2v) is 3.98. The van der Waals surface area contributed by atoms with E-state index in [0.717, 1.165) is 43.4 Å². The summed E-state index contributed by atoms with van der Waals surface area (Å²) in [7, 11) is 0. The summed E-state index contributed by atoms with van der Waals surface area (Å²) < 4.78 is 5.41. The van der Waals surface area contributed by atoms with E-state index < -0.39 is 0 Å². The zero-order valence-corrected chi connectivity index (χ0v) is 9.29. The maximum atomic E-state index is 5.41. The lowest BCUT2D eigenvalue weighted by molar-refractivity contribution is 0.0767. The summed E-state index contributed by atoms with van der Waals surface area (Å²) in [4.78, 5) is 8.69. The molecule has 0 radical (unpaired) electrons. The van der Waals surface area contributed by atoms with E-state index in [9.17, 15) is 0 Å². The molecule has 1 aromatic heterocycles. The van der Waals surface area contributed by atoms with Gasteiger partial charge in [-0.1, -0.05) is 0 Å². The average Bonchev–Trinajstić information content (AvgIpc) is 2.17. The molecule has 1 aliphatic rings. The van der Waals surface area contributed by atoms with Crippen LogP contribution in [0.4, 0.5) is 0 Å². The number of aromatic nitrogens is 2. The van der Waals surface area contributed by atoms with Crippen molar-refractivity contribution < 1.29 is 4.74 Å². The third kappa shape index (κ3) is 2.97. The first kappa shape index (κ1) is 10.5. The van der Waals surface area contributed by atoms with E-state index in [4.69, 9.17) is 4.74 Å². The van der Waals surface area contributed by atoms with Gasteiger partial charge in [0.2, 0.25) is 0 Å². The molecule has 1 aromatic rings. The minimum Gasteiger partial charge on any atom is -0.379 e. The topological polar surface area (TPSA) is 47.0 Å². The molecule has 82 valence electrons. The molecule has 1 saturated heterocycles. The Balaban J connectivity index is 2.02. The maximum absolute atomic E-state index is 5.41. The van der Waals surface area contributed by atoms with Crippen LogP contribution in [0.5, 0.6) is 0 Å². The quantitative estimate of drug-likeness (QED) is 0.772. The number of rotatable bonds is 2. The van der Waals surface area contributed by atoms with E-state index in [1.54, 1.807) is 0 Å². The molecule has 0 amide bonds. The molecule has 0 spiro atoms. The Morgan fingerprint density at radius 2 is 2.33 bits per heavy atom. The van der Waals surface area contributed by atoms with Crippen molar-refractivity contribution in [3.05, 3.63) is 23.3 Å². The van der Waals surface area contributed by atoms with Crippen LogP contribution in [0.1, 0.15) is 17.2 Å². The van der Waals surface area contributed by atoms with Gasteiger partial charge in [-0.15, -0.1) is 0 Å². The highest BCUT2D eigenvalue weighted by molar-refractivity contribution is 5.11. The van der Waals surface area contributed by atoms with Crippen molar-refractivity contribution in [2.24, 2.45) is 0 Å². The van der Waals surface area contributed by atoms with Gasteiger partial charge >= 0.3 is 0 Å². The summed E-state index contributed by atoms with van der Waals surface area (Å²) in [6.45, 7) is 6.47. The molecule has 0 saturated carbocycles. The summed E-state index contributed by atoms with van der Waals surface area (Å²) in [5.74, 6) is 0.849. The van der Waals surface area contributed by atoms with E-state index in [1.807, 2.05) is 19.9 Å². The summed E-state index contributed by atoms with van der Waals surface area (Å²) in [6.07, 6.45) is 0.921. The number of aryl methyl sites for hydroxylation is 2. The number of nitrogens with one attached hydrogen (secondary N) is 1. The lowest BCUT2D eigenvalue weighted by Gasteiger charge is -2.23. The standard InChI is InChI=1S/C11H17N3O/c1-8-5-10(14-9(2)13-8)6-11-7-15-4-3-12-11/h5,11-12H,3-4,6-7H2,1-2H3. The third-order valence-electron chi connectivity index (χ3n) is 2.47. The Hall–Kier alpha value is -1.00. The highest BCUT2D eigenvalue weighted by Crippen LogP contribution is 2.05. The van der Waals surface area contributed by atoms with E-state index in [2.05, 4.69) is 15.3 Å². The number of nitrogens with zero attached hydrogens (tertiary/aromatic N) is 2. The SMILES string of the molecule is Cc1cc(CC2COCCN2)nc(C)n1. The van der Waals surface area contributed by atoms with Gasteiger partial charge < -0.3 is 10.1 Å². The van der Waals surface area contributed by atoms with E-state index in [1.165, 1.54) is 0 Å². The molecule has 2 rings (SSSR count). The molecule has 1 atom stereocenters. The Morgan fingerprint density at radius 3 is 3.00 bits per heavy atom. The largest absolute Gasteiger partial charge is 0.379 e. The van der Waals surface area contributed by atoms with E-state index in [-0.39, 0.29) is 0 Å². The molecule has 15 heavy (non-hydrogen) atoms. The molecule has 0 aromatic carbocycles. The summed E-state index contributed by atoms with van der Waals surface area (Å²) in [5.41, 5.74) is 2.14. The minimum atomic E-state index is 0.396. The van der Waals surface area contributed by atoms with Crippen LogP contribution in [-0.4, -0.2) is 35.8 Å². The molecular weight excluding hydrogens is 190 g/mol. The van der Waals surface area contributed by atoms with E-state index >= 15 is 0 Å². The number of hydrogen-bond donors (Lipinski definition) is 1. The first-order valence-corrected chi connectivity index (χ1v) is 5.36. The van der Waals surface area contributed by atoms with Crippen LogP contribution in [0.25, 0.3) is 0 Å². The fourth-order valence-corrected chi connectivity index (χ4v) is 1.90. The van der Waals surface area contributed by atoms with Crippen LogP contribution < -0.4 is 5.32 Å². The van der Waals surface area contributed by atoms with Crippen LogP contribution in [0.3, 0.4) is 0 Å². The van der Waals surface area contributed by atoms with Gasteiger partial charge in [0.25, 0.3) is 0 Å². The van der Waals surface area contributed by atoms with Gasteiger partial charge in [0.15, 0.2) is 0 Å². The normalized spacial score (nSPS) is 21.6. The molecule has 1 aliphatic heterocycles. The van der Waals surface area contributed by atoms with Crippen LogP contribution in [0, 0.1) is 13.8 Å². The Morgan fingerprint density at radius 1 is 1.47 bits per heavy atom. The predicted molar refractivity (Wildman–Crippen MR) is 57.8 cm³/mol. The van der Waals surface area contributed by atoms with Gasteiger partial charge in [-0.3, -0.25) is 0 Å². The Kier molecular flexibility index (Phi) is 3.28. The Bertz CT molecular complexity index is 314. The molecule has 0 bridgehead atoms. The van der Waals surface area contributed by atoms with Crippen LogP contribution in [0.2, 0.25) is 0 Å². The van der Waals surface area contributed by atoms with Crippen molar-refractivity contribution in [1.82, 2.24) is 15.3 Å². The average molecular weight is 207 g/mol. The fourth-order valence-electron chi connectivity index (χ4n) is 1.90. The van der Waals surface area contributed by atoms with Crippen LogP contribution in [0.15, 0.2) is 6.07 Å². The van der Waals surface area contributed by atoms with Crippen molar-refractivity contribution in [1.29, 1.82) is 0 Å². The van der Waals surface area contributed by atoms with E-state index in [0.29, 0.717) is 6.04 Å². The lowest BCUT2D eigenvalue weighted by atomic mass is 10.1. The highest BCUT2D eigenvalue weighted by Gasteiger charge is 2.14. The second-order valence-electron chi connectivity index (χ2n) is 3.98. The summed E-state index contributed by atoms with van der Waals surface area (Å²) >= 11 is 0. The monoisotopic (exact) mass is 207 g/mol. The maximum Gasteiger partial charge on any atom is 0.125 e. The number of morpholine rings is 1. The first-order chi connectivity index (χ1) is 7.24. The molecule has 4 nitrogen and oxygen atoms in total. The van der Waals surface area contributed by atoms with Crippen molar-refractivity contribution >= 4 is 0 Å². The third-order valence-corrected chi connectivity index (χ3v) is 2.47. The van der Waals surface area contributed by atoms with Crippen molar-refractivity contribution in [2.45, 2.75) is 26.3 Å². The van der Waals surface area contributed by atoms with Crippen molar-refractivity contribution in [2.75, 3.05) is 19.8 Å². The molecule has 1 fully saturated rings. The molecule has 0 aliphatic carbocycles. The van der Waals surface area contributed by atoms with Gasteiger partial charge in [0, 0.05) is 30.4 Å². The summed E-state index contributed by atoms with van der Waals surface area (Å²) in [5, 5.41) is 3.42. The van der Waals surface area contributed by atoms with Crippen molar-refractivity contribution in [3.63, 3.8) is 0 Å². The zero-order chi connectivity index (χ0) is 10.7. The first-order valence-electron chi connectivity index (χ1n) is 5.36. The number of ether oxygens (including phenoxy) is 1.